The van der Waals surface area contributed by atoms with E-state index in [2.05, 4.69) is 10.6 Å². The third-order valence-corrected chi connectivity index (χ3v) is 4.70. The van der Waals surface area contributed by atoms with Crippen molar-refractivity contribution in [3.63, 3.8) is 0 Å². The summed E-state index contributed by atoms with van der Waals surface area (Å²) in [7, 11) is 0. The molecule has 0 aliphatic carbocycles. The number of ether oxygens (including phenoxy) is 1. The fourth-order valence-electron chi connectivity index (χ4n) is 3.47. The molecule has 26 heavy (non-hydrogen) atoms. The highest BCUT2D eigenvalue weighted by atomic mass is 16.5. The molecule has 6 nitrogen and oxygen atoms in total. The van der Waals surface area contributed by atoms with E-state index >= 15 is 0 Å². The monoisotopic (exact) mass is 350 g/mol. The Morgan fingerprint density at radius 2 is 1.38 bits per heavy atom. The van der Waals surface area contributed by atoms with Crippen LogP contribution in [-0.4, -0.2) is 29.2 Å². The van der Waals surface area contributed by atoms with Gasteiger partial charge in [0.2, 0.25) is 5.91 Å². The van der Waals surface area contributed by atoms with Crippen LogP contribution < -0.4 is 10.6 Å². The highest BCUT2D eigenvalue weighted by Gasteiger charge is 2.53. The Morgan fingerprint density at radius 3 is 2.04 bits per heavy atom. The maximum atomic E-state index is 12.6. The maximum Gasteiger partial charge on any atom is 0.310 e. The Bertz CT molecular complexity index is 848. The van der Waals surface area contributed by atoms with Gasteiger partial charge in [0.05, 0.1) is 18.1 Å². The number of carbonyl (C=O) groups excluding carboxylic acids is 1. The van der Waals surface area contributed by atoms with Gasteiger partial charge < -0.3 is 20.5 Å². The van der Waals surface area contributed by atoms with Crippen LogP contribution >= 0.6 is 0 Å². The third-order valence-electron chi connectivity index (χ3n) is 4.70. The first-order valence-corrected chi connectivity index (χ1v) is 8.41. The molecule has 6 heteroatoms. The highest BCUT2D eigenvalue weighted by Crippen LogP contribution is 2.39. The fourth-order valence-corrected chi connectivity index (χ4v) is 3.47. The smallest absolute Gasteiger partial charge is 0.310 e. The van der Waals surface area contributed by atoms with Gasteiger partial charge in [-0.05, 0) is 36.4 Å². The zero-order valence-electron chi connectivity index (χ0n) is 13.8. The van der Waals surface area contributed by atoms with Gasteiger partial charge >= 0.3 is 5.97 Å². The number of amides is 1. The van der Waals surface area contributed by atoms with Gasteiger partial charge in [0.25, 0.3) is 0 Å². The Kier molecular flexibility index (Phi) is 4.18. The number of rotatable bonds is 5. The quantitative estimate of drug-likeness (QED) is 0.722. The molecule has 2 aromatic rings. The van der Waals surface area contributed by atoms with Crippen LogP contribution in [0.4, 0.5) is 17.1 Å². The number of nitrogens with one attached hydrogen (secondary N) is 2. The number of aliphatic carboxylic acids is 1. The number of carbonyl (C=O) groups is 2. The summed E-state index contributed by atoms with van der Waals surface area (Å²) in [6.45, 7) is 0. The molecule has 0 aromatic heterocycles. The van der Waals surface area contributed by atoms with Gasteiger partial charge in [0.1, 0.15) is 5.92 Å². The lowest BCUT2D eigenvalue weighted by Crippen LogP contribution is -2.39. The zero-order valence-corrected chi connectivity index (χ0v) is 13.8. The number of anilines is 3. The SMILES string of the molecule is O=C(Nc1ccc(Nc2ccccc2)cc1)[C@@H]1[C@H](C(=O)O)[C@@H]2C=C[C@H]1O2. The maximum absolute atomic E-state index is 12.6. The van der Waals surface area contributed by atoms with Crippen molar-refractivity contribution < 1.29 is 19.4 Å². The van der Waals surface area contributed by atoms with Crippen LogP contribution in [0.15, 0.2) is 66.7 Å². The van der Waals surface area contributed by atoms with Gasteiger partial charge in [-0.3, -0.25) is 9.59 Å². The van der Waals surface area contributed by atoms with Crippen LogP contribution in [0, 0.1) is 11.8 Å². The van der Waals surface area contributed by atoms with Crippen LogP contribution in [0.25, 0.3) is 0 Å². The summed E-state index contributed by atoms with van der Waals surface area (Å²) >= 11 is 0. The molecule has 4 rings (SSSR count). The minimum absolute atomic E-state index is 0.335. The molecule has 3 N–H and O–H groups in total. The summed E-state index contributed by atoms with van der Waals surface area (Å²) in [4.78, 5) is 24.1. The Hall–Kier alpha value is -3.12. The van der Waals surface area contributed by atoms with Crippen molar-refractivity contribution in [1.29, 1.82) is 0 Å². The molecule has 0 spiro atoms. The number of carboxylic acid groups (broad SMARTS) is 1. The number of fused-ring (bicyclic) bond motifs is 2. The topological polar surface area (TPSA) is 87.7 Å². The minimum Gasteiger partial charge on any atom is -0.481 e. The first kappa shape index (κ1) is 16.4. The normalized spacial score (nSPS) is 25.8. The predicted molar refractivity (Wildman–Crippen MR) is 97.2 cm³/mol. The second kappa shape index (κ2) is 6.65. The number of benzene rings is 2. The number of hydrogen-bond acceptors (Lipinski definition) is 4. The van der Waals surface area contributed by atoms with E-state index in [4.69, 9.17) is 4.74 Å². The van der Waals surface area contributed by atoms with E-state index in [1.54, 1.807) is 24.3 Å². The summed E-state index contributed by atoms with van der Waals surface area (Å²) < 4.78 is 5.54. The molecule has 2 heterocycles. The van der Waals surface area contributed by atoms with Crippen LogP contribution in [0.2, 0.25) is 0 Å². The molecule has 1 fully saturated rings. The Balaban J connectivity index is 1.43. The molecule has 0 radical (unpaired) electrons. The average molecular weight is 350 g/mol. The van der Waals surface area contributed by atoms with Crippen molar-refractivity contribution in [3.8, 4) is 0 Å². The summed E-state index contributed by atoms with van der Waals surface area (Å²) in [5.74, 6) is -2.91. The van der Waals surface area contributed by atoms with Crippen LogP contribution in [0.3, 0.4) is 0 Å². The largest absolute Gasteiger partial charge is 0.481 e. The van der Waals surface area contributed by atoms with E-state index < -0.39 is 30.0 Å². The molecule has 2 bridgehead atoms. The lowest BCUT2D eigenvalue weighted by Gasteiger charge is -2.21. The Labute approximate surface area is 150 Å². The van der Waals surface area contributed by atoms with Gasteiger partial charge in [-0.25, -0.2) is 0 Å². The van der Waals surface area contributed by atoms with Crippen LogP contribution in [0.1, 0.15) is 0 Å². The minimum atomic E-state index is -1.01. The average Bonchev–Trinajstić information content (AvgIpc) is 3.25. The van der Waals surface area contributed by atoms with E-state index in [9.17, 15) is 14.7 Å². The van der Waals surface area contributed by atoms with Crippen molar-refractivity contribution in [2.45, 2.75) is 12.2 Å². The summed E-state index contributed by atoms with van der Waals surface area (Å²) in [5, 5.41) is 15.5. The van der Waals surface area contributed by atoms with Crippen molar-refractivity contribution in [1.82, 2.24) is 0 Å². The molecule has 1 amide bonds. The Morgan fingerprint density at radius 1 is 0.808 bits per heavy atom. The second-order valence-electron chi connectivity index (χ2n) is 6.40. The molecule has 4 atom stereocenters. The van der Waals surface area contributed by atoms with Gasteiger partial charge in [0, 0.05) is 17.1 Å². The van der Waals surface area contributed by atoms with E-state index in [0.717, 1.165) is 11.4 Å². The van der Waals surface area contributed by atoms with E-state index in [0.29, 0.717) is 5.69 Å². The second-order valence-corrected chi connectivity index (χ2v) is 6.40. The van der Waals surface area contributed by atoms with Crippen molar-refractivity contribution in [2.24, 2.45) is 11.8 Å². The molecule has 2 aliphatic heterocycles. The summed E-state index contributed by atoms with van der Waals surface area (Å²) in [6, 6.07) is 17.0. The molecule has 132 valence electrons. The summed E-state index contributed by atoms with van der Waals surface area (Å²) in [5.41, 5.74) is 2.48. The molecular weight excluding hydrogens is 332 g/mol. The fraction of sp³-hybridized carbons (Fsp3) is 0.200. The molecular formula is C20H18N2O4. The number of para-hydroxylation sites is 1. The third kappa shape index (κ3) is 3.07. The predicted octanol–water partition coefficient (Wildman–Crippen LogP) is 3.02. The molecule has 0 unspecified atom stereocenters. The van der Waals surface area contributed by atoms with Crippen LogP contribution in [0.5, 0.6) is 0 Å². The number of carboxylic acids is 1. The lowest BCUT2D eigenvalue weighted by atomic mass is 9.82. The van der Waals surface area contributed by atoms with Crippen molar-refractivity contribution in [2.75, 3.05) is 10.6 Å². The van der Waals surface area contributed by atoms with Gasteiger partial charge in [-0.2, -0.15) is 0 Å². The van der Waals surface area contributed by atoms with E-state index in [1.807, 2.05) is 42.5 Å². The lowest BCUT2D eigenvalue weighted by molar-refractivity contribution is -0.145. The molecule has 1 saturated heterocycles. The molecule has 0 saturated carbocycles. The first-order valence-electron chi connectivity index (χ1n) is 8.41. The van der Waals surface area contributed by atoms with Gasteiger partial charge in [0.15, 0.2) is 0 Å². The van der Waals surface area contributed by atoms with Crippen molar-refractivity contribution in [3.05, 3.63) is 66.7 Å². The van der Waals surface area contributed by atoms with Gasteiger partial charge in [-0.1, -0.05) is 30.4 Å². The van der Waals surface area contributed by atoms with E-state index in [-0.39, 0.29) is 5.91 Å². The van der Waals surface area contributed by atoms with E-state index in [1.165, 1.54) is 0 Å². The standard InChI is InChI=1S/C20H18N2O4/c23-19(17-15-10-11-16(26-15)18(17)20(24)25)22-14-8-6-13(7-9-14)21-12-4-2-1-3-5-12/h1-11,15-18,21H,(H,22,23)(H,24,25)/t15-,16+,17+,18-/m1/s1. The summed E-state index contributed by atoms with van der Waals surface area (Å²) in [6.07, 6.45) is 2.49. The van der Waals surface area contributed by atoms with Crippen LogP contribution in [-0.2, 0) is 14.3 Å². The highest BCUT2D eigenvalue weighted by molar-refractivity contribution is 5.96. The number of hydrogen-bond donors (Lipinski definition) is 3. The zero-order chi connectivity index (χ0) is 18.1. The molecule has 2 aromatic carbocycles. The van der Waals surface area contributed by atoms with Crippen molar-refractivity contribution >= 4 is 28.9 Å². The first-order chi connectivity index (χ1) is 12.6. The molecule has 2 aliphatic rings. The van der Waals surface area contributed by atoms with Gasteiger partial charge in [-0.15, -0.1) is 0 Å².